The first-order valence-corrected chi connectivity index (χ1v) is 5.61. The Balaban J connectivity index is 2.18. The van der Waals surface area contributed by atoms with Gasteiger partial charge < -0.3 is 14.9 Å². The Hall–Kier alpha value is -1.25. The van der Waals surface area contributed by atoms with Crippen LogP contribution in [0.25, 0.3) is 0 Å². The average Bonchev–Trinajstić information content (AvgIpc) is 2.52. The Bertz CT molecular complexity index is 375. The SMILES string of the molecule is CC1(F)C(O)C(CO)OC1N1CCC(=O)NC1=O. The number of aliphatic hydroxyl groups excluding tert-OH is 2. The number of amides is 3. The summed E-state index contributed by atoms with van der Waals surface area (Å²) in [7, 11) is 0. The van der Waals surface area contributed by atoms with Gasteiger partial charge in [0.1, 0.15) is 12.2 Å². The van der Waals surface area contributed by atoms with E-state index < -0.39 is 42.6 Å². The number of ether oxygens (including phenoxy) is 1. The molecule has 7 nitrogen and oxygen atoms in total. The third kappa shape index (κ3) is 1.96. The van der Waals surface area contributed by atoms with E-state index in [9.17, 15) is 19.1 Å². The summed E-state index contributed by atoms with van der Waals surface area (Å²) in [5.41, 5.74) is -2.20. The fourth-order valence-electron chi connectivity index (χ4n) is 2.20. The number of rotatable bonds is 2. The van der Waals surface area contributed by atoms with Gasteiger partial charge in [0.2, 0.25) is 5.91 Å². The lowest BCUT2D eigenvalue weighted by Crippen LogP contribution is -2.59. The Morgan fingerprint density at radius 3 is 2.78 bits per heavy atom. The number of alkyl halides is 1. The lowest BCUT2D eigenvalue weighted by Gasteiger charge is -2.35. The molecule has 3 N–H and O–H groups in total. The molecule has 0 radical (unpaired) electrons. The van der Waals surface area contributed by atoms with E-state index in [0.717, 1.165) is 11.8 Å². The van der Waals surface area contributed by atoms with Crippen molar-refractivity contribution in [3.8, 4) is 0 Å². The second-order valence-corrected chi connectivity index (χ2v) is 4.60. The van der Waals surface area contributed by atoms with E-state index in [1.54, 1.807) is 0 Å². The maximum Gasteiger partial charge on any atom is 0.326 e. The number of carbonyl (C=O) groups excluding carboxylic acids is 2. The van der Waals surface area contributed by atoms with Crippen molar-refractivity contribution in [1.29, 1.82) is 0 Å². The van der Waals surface area contributed by atoms with Crippen LogP contribution in [0.2, 0.25) is 0 Å². The number of urea groups is 1. The smallest absolute Gasteiger partial charge is 0.326 e. The summed E-state index contributed by atoms with van der Waals surface area (Å²) in [6, 6.07) is -0.758. The first kappa shape index (κ1) is 13.2. The molecule has 0 aromatic heterocycles. The lowest BCUT2D eigenvalue weighted by atomic mass is 9.98. The Morgan fingerprint density at radius 1 is 1.61 bits per heavy atom. The van der Waals surface area contributed by atoms with Crippen LogP contribution in [0.3, 0.4) is 0 Å². The van der Waals surface area contributed by atoms with Gasteiger partial charge in [-0.1, -0.05) is 0 Å². The van der Waals surface area contributed by atoms with Crippen molar-refractivity contribution in [1.82, 2.24) is 10.2 Å². The minimum atomic E-state index is -2.20. The van der Waals surface area contributed by atoms with Gasteiger partial charge >= 0.3 is 6.03 Å². The number of carbonyl (C=O) groups is 2. The quantitative estimate of drug-likeness (QED) is 0.576. The van der Waals surface area contributed by atoms with Crippen LogP contribution < -0.4 is 5.32 Å². The molecule has 0 aromatic rings. The monoisotopic (exact) mass is 262 g/mol. The van der Waals surface area contributed by atoms with E-state index in [1.165, 1.54) is 0 Å². The molecule has 0 spiro atoms. The summed E-state index contributed by atoms with van der Waals surface area (Å²) < 4.78 is 19.5. The minimum Gasteiger partial charge on any atom is -0.394 e. The summed E-state index contributed by atoms with van der Waals surface area (Å²) in [6.07, 6.45) is -3.90. The van der Waals surface area contributed by atoms with Crippen LogP contribution in [0.4, 0.5) is 9.18 Å². The molecule has 8 heteroatoms. The molecule has 2 aliphatic heterocycles. The Labute approximate surface area is 103 Å². The summed E-state index contributed by atoms with van der Waals surface area (Å²) in [6.45, 7) is 0.562. The van der Waals surface area contributed by atoms with Crippen molar-refractivity contribution in [3.05, 3.63) is 0 Å². The first-order chi connectivity index (χ1) is 8.37. The number of nitrogens with zero attached hydrogens (tertiary/aromatic N) is 1. The van der Waals surface area contributed by atoms with E-state index in [4.69, 9.17) is 9.84 Å². The van der Waals surface area contributed by atoms with Crippen molar-refractivity contribution < 1.29 is 28.9 Å². The minimum absolute atomic E-state index is 0.0136. The van der Waals surface area contributed by atoms with Crippen molar-refractivity contribution in [2.75, 3.05) is 13.2 Å². The number of aliphatic hydroxyl groups is 2. The van der Waals surface area contributed by atoms with Crippen LogP contribution in [0.5, 0.6) is 0 Å². The summed E-state index contributed by atoms with van der Waals surface area (Å²) in [5.74, 6) is -0.436. The number of halogens is 1. The highest BCUT2D eigenvalue weighted by Gasteiger charge is 2.57. The first-order valence-electron chi connectivity index (χ1n) is 5.61. The number of nitrogens with one attached hydrogen (secondary N) is 1. The highest BCUT2D eigenvalue weighted by Crippen LogP contribution is 2.36. The summed E-state index contributed by atoms with van der Waals surface area (Å²) in [4.78, 5) is 23.6. The van der Waals surface area contributed by atoms with Crippen LogP contribution in [0.15, 0.2) is 0 Å². The van der Waals surface area contributed by atoms with Crippen LogP contribution >= 0.6 is 0 Å². The maximum atomic E-state index is 14.4. The standard InChI is InChI=1S/C10H15FN2O5/c1-10(11)7(16)5(4-14)18-8(10)13-3-2-6(15)12-9(13)17/h5,7-8,14,16H,2-4H2,1H3,(H,12,15,17). The molecule has 0 aromatic carbocycles. The van der Waals surface area contributed by atoms with Crippen molar-refractivity contribution >= 4 is 11.9 Å². The van der Waals surface area contributed by atoms with Gasteiger partial charge in [0.05, 0.1) is 6.61 Å². The third-order valence-electron chi connectivity index (χ3n) is 3.27. The lowest BCUT2D eigenvalue weighted by molar-refractivity contribution is -0.126. The zero-order valence-corrected chi connectivity index (χ0v) is 9.80. The summed E-state index contributed by atoms with van der Waals surface area (Å²) >= 11 is 0. The predicted octanol–water partition coefficient (Wildman–Crippen LogP) is -1.27. The van der Waals surface area contributed by atoms with Gasteiger partial charge in [-0.2, -0.15) is 0 Å². The molecule has 2 saturated heterocycles. The Kier molecular flexibility index (Phi) is 3.26. The maximum absolute atomic E-state index is 14.4. The van der Waals surface area contributed by atoms with Gasteiger partial charge in [-0.15, -0.1) is 0 Å². The van der Waals surface area contributed by atoms with E-state index in [-0.39, 0.29) is 13.0 Å². The van der Waals surface area contributed by atoms with Crippen molar-refractivity contribution in [2.24, 2.45) is 0 Å². The zero-order chi connectivity index (χ0) is 13.5. The number of imide groups is 1. The van der Waals surface area contributed by atoms with E-state index in [0.29, 0.717) is 0 Å². The van der Waals surface area contributed by atoms with E-state index in [2.05, 4.69) is 0 Å². The van der Waals surface area contributed by atoms with Gasteiger partial charge in [-0.25, -0.2) is 9.18 Å². The average molecular weight is 262 g/mol. The van der Waals surface area contributed by atoms with Gasteiger partial charge in [-0.05, 0) is 6.92 Å². The molecule has 2 rings (SSSR count). The molecule has 2 fully saturated rings. The second kappa shape index (κ2) is 4.45. The largest absolute Gasteiger partial charge is 0.394 e. The summed E-state index contributed by atoms with van der Waals surface area (Å²) in [5, 5.41) is 20.7. The molecular weight excluding hydrogens is 247 g/mol. The molecule has 18 heavy (non-hydrogen) atoms. The van der Waals surface area contributed by atoms with Crippen molar-refractivity contribution in [3.63, 3.8) is 0 Å². The molecule has 0 saturated carbocycles. The van der Waals surface area contributed by atoms with Crippen LogP contribution in [0.1, 0.15) is 13.3 Å². The van der Waals surface area contributed by atoms with Crippen molar-refractivity contribution in [2.45, 2.75) is 37.4 Å². The van der Waals surface area contributed by atoms with Gasteiger partial charge in [0.25, 0.3) is 0 Å². The molecule has 4 unspecified atom stereocenters. The predicted molar refractivity (Wildman–Crippen MR) is 56.1 cm³/mol. The molecular formula is C10H15FN2O5. The zero-order valence-electron chi connectivity index (χ0n) is 9.80. The number of hydrogen-bond acceptors (Lipinski definition) is 5. The molecule has 2 aliphatic rings. The number of hydrogen-bond donors (Lipinski definition) is 3. The third-order valence-corrected chi connectivity index (χ3v) is 3.27. The highest BCUT2D eigenvalue weighted by atomic mass is 19.1. The van der Waals surface area contributed by atoms with Crippen LogP contribution in [-0.4, -0.2) is 64.3 Å². The van der Waals surface area contributed by atoms with Gasteiger partial charge in [-0.3, -0.25) is 15.0 Å². The molecule has 102 valence electrons. The fraction of sp³-hybridized carbons (Fsp3) is 0.800. The molecule has 4 atom stereocenters. The van der Waals surface area contributed by atoms with E-state index >= 15 is 0 Å². The molecule has 3 amide bonds. The van der Waals surface area contributed by atoms with Gasteiger partial charge in [0.15, 0.2) is 11.9 Å². The van der Waals surface area contributed by atoms with E-state index in [1.807, 2.05) is 5.32 Å². The normalized spacial score (nSPS) is 41.1. The fourth-order valence-corrected chi connectivity index (χ4v) is 2.20. The topological polar surface area (TPSA) is 99.1 Å². The second-order valence-electron chi connectivity index (χ2n) is 4.60. The van der Waals surface area contributed by atoms with Crippen LogP contribution in [0, 0.1) is 0 Å². The molecule has 0 bridgehead atoms. The highest BCUT2D eigenvalue weighted by molar-refractivity contribution is 5.96. The molecule has 2 heterocycles. The Morgan fingerprint density at radius 2 is 2.28 bits per heavy atom. The molecule has 0 aliphatic carbocycles. The van der Waals surface area contributed by atoms with Crippen LogP contribution in [-0.2, 0) is 9.53 Å². The van der Waals surface area contributed by atoms with Gasteiger partial charge in [0, 0.05) is 13.0 Å².